The molecule has 2 atom stereocenters. The molecule has 43 heavy (non-hydrogen) atoms. The zero-order chi connectivity index (χ0) is 30.5. The summed E-state index contributed by atoms with van der Waals surface area (Å²) in [5.41, 5.74) is 0.362. The van der Waals surface area contributed by atoms with Crippen molar-refractivity contribution >= 4 is 45.0 Å². The fraction of sp³-hybridized carbons (Fsp3) is 0.226. The van der Waals surface area contributed by atoms with Crippen LogP contribution < -0.4 is 9.86 Å². The first-order chi connectivity index (χ1) is 20.6. The molecule has 6 rings (SSSR count). The number of hydrogen-bond donors (Lipinski definition) is 0. The van der Waals surface area contributed by atoms with Crippen LogP contribution in [0.3, 0.4) is 0 Å². The molecule has 1 fully saturated rings. The van der Waals surface area contributed by atoms with Crippen LogP contribution in [-0.4, -0.2) is 61.9 Å². The highest BCUT2D eigenvalue weighted by Crippen LogP contribution is 2.49. The molecule has 1 amide bonds. The molecule has 0 radical (unpaired) electrons. The predicted octanol–water partition coefficient (Wildman–Crippen LogP) is 5.22. The smallest absolute Gasteiger partial charge is 0.269 e. The lowest BCUT2D eigenvalue weighted by atomic mass is 9.94. The molecule has 2 aliphatic heterocycles. The molecule has 8 nitrogen and oxygen atoms in total. The van der Waals surface area contributed by atoms with Gasteiger partial charge in [0.05, 0.1) is 12.1 Å². The fourth-order valence-electron chi connectivity index (χ4n) is 5.75. The van der Waals surface area contributed by atoms with Crippen molar-refractivity contribution in [2.45, 2.75) is 17.0 Å². The van der Waals surface area contributed by atoms with Crippen molar-refractivity contribution < 1.29 is 17.6 Å². The Bertz CT molecular complexity index is 1860. The maximum absolute atomic E-state index is 15.1. The van der Waals surface area contributed by atoms with Gasteiger partial charge in [-0.3, -0.25) is 14.2 Å². The summed E-state index contributed by atoms with van der Waals surface area (Å²) in [5.74, 6) is -1.35. The zero-order valence-corrected chi connectivity index (χ0v) is 25.4. The lowest BCUT2D eigenvalue weighted by molar-refractivity contribution is 0.0661. The third-order valence-electron chi connectivity index (χ3n) is 7.97. The van der Waals surface area contributed by atoms with Crippen LogP contribution in [0.2, 0.25) is 10.0 Å². The van der Waals surface area contributed by atoms with Crippen LogP contribution in [0.25, 0.3) is 0 Å². The highest BCUT2D eigenvalue weighted by molar-refractivity contribution is 7.92. The van der Waals surface area contributed by atoms with Gasteiger partial charge in [0.15, 0.2) is 0 Å². The number of pyridine rings is 1. The van der Waals surface area contributed by atoms with E-state index in [1.54, 1.807) is 53.4 Å². The summed E-state index contributed by atoms with van der Waals surface area (Å²) >= 11 is 12.4. The summed E-state index contributed by atoms with van der Waals surface area (Å²) < 4.78 is 46.2. The summed E-state index contributed by atoms with van der Waals surface area (Å²) in [7, 11) is -2.61. The number of hydrogen-bond acceptors (Lipinski definition) is 5. The van der Waals surface area contributed by atoms with Crippen LogP contribution in [0.4, 0.5) is 10.2 Å². The van der Waals surface area contributed by atoms with E-state index in [0.29, 0.717) is 47.4 Å². The van der Waals surface area contributed by atoms with Crippen LogP contribution in [0.5, 0.6) is 0 Å². The fourth-order valence-corrected chi connectivity index (χ4v) is 7.71. The number of carbonyl (C=O) groups excluding carboxylic acids is 1. The first-order valence-electron chi connectivity index (χ1n) is 13.6. The van der Waals surface area contributed by atoms with Gasteiger partial charge < -0.3 is 9.80 Å². The molecule has 0 spiro atoms. The molecule has 0 aliphatic carbocycles. The number of rotatable bonds is 5. The number of halogens is 3. The Morgan fingerprint density at radius 1 is 0.791 bits per heavy atom. The van der Waals surface area contributed by atoms with Gasteiger partial charge >= 0.3 is 0 Å². The molecule has 12 heteroatoms. The van der Waals surface area contributed by atoms with Gasteiger partial charge in [-0.05, 0) is 66.7 Å². The third kappa shape index (κ3) is 5.22. The van der Waals surface area contributed by atoms with Crippen molar-refractivity contribution in [3.8, 4) is 0 Å². The lowest BCUT2D eigenvalue weighted by Gasteiger charge is -2.32. The second kappa shape index (κ2) is 11.4. The molecular weight excluding hydrogens is 614 g/mol. The van der Waals surface area contributed by atoms with Gasteiger partial charge in [0.1, 0.15) is 22.1 Å². The summed E-state index contributed by atoms with van der Waals surface area (Å²) in [5, 5.41) is 0.884. The zero-order valence-electron chi connectivity index (χ0n) is 23.0. The van der Waals surface area contributed by atoms with E-state index in [4.69, 9.17) is 23.2 Å². The van der Waals surface area contributed by atoms with E-state index in [0.717, 1.165) is 10.4 Å². The number of benzene rings is 3. The average molecular weight is 642 g/mol. The minimum absolute atomic E-state index is 0.00285. The molecule has 222 valence electrons. The van der Waals surface area contributed by atoms with Crippen LogP contribution in [-0.2, 0) is 10.0 Å². The quantitative estimate of drug-likeness (QED) is 0.299. The second-order valence-electron chi connectivity index (χ2n) is 10.6. The summed E-state index contributed by atoms with van der Waals surface area (Å²) in [4.78, 5) is 31.1. The van der Waals surface area contributed by atoms with Crippen molar-refractivity contribution in [1.82, 2.24) is 14.4 Å². The predicted molar refractivity (Wildman–Crippen MR) is 164 cm³/mol. The van der Waals surface area contributed by atoms with Crippen molar-refractivity contribution in [2.24, 2.45) is 0 Å². The molecule has 2 aliphatic rings. The first kappa shape index (κ1) is 29.4. The number of anilines is 1. The molecule has 4 aromatic rings. The van der Waals surface area contributed by atoms with E-state index in [2.05, 4.69) is 4.90 Å². The van der Waals surface area contributed by atoms with Crippen molar-refractivity contribution in [3.63, 3.8) is 0 Å². The Balaban J connectivity index is 1.61. The van der Waals surface area contributed by atoms with Gasteiger partial charge in [-0.15, -0.1) is 0 Å². The number of carbonyl (C=O) groups is 1. The van der Waals surface area contributed by atoms with Crippen LogP contribution >= 0.6 is 23.2 Å². The van der Waals surface area contributed by atoms with Crippen LogP contribution in [0.15, 0.2) is 94.6 Å². The van der Waals surface area contributed by atoms with E-state index < -0.39 is 44.3 Å². The molecule has 3 heterocycles. The Morgan fingerprint density at radius 2 is 1.35 bits per heavy atom. The van der Waals surface area contributed by atoms with Crippen LogP contribution in [0, 0.1) is 5.82 Å². The number of piperazine rings is 1. The van der Waals surface area contributed by atoms with Gasteiger partial charge in [0, 0.05) is 36.2 Å². The minimum atomic E-state index is -4.58. The van der Waals surface area contributed by atoms with E-state index in [9.17, 15) is 18.0 Å². The number of likely N-dealkylation sites (N-methyl/N-ethyl adjacent to an activating group) is 1. The summed E-state index contributed by atoms with van der Waals surface area (Å²) in [6, 6.07) is 19.2. The largest absolute Gasteiger partial charge is 0.336 e. The topological polar surface area (TPSA) is 82.9 Å². The maximum atomic E-state index is 15.1. The lowest BCUT2D eigenvalue weighted by Crippen LogP contribution is -2.48. The highest BCUT2D eigenvalue weighted by atomic mass is 35.5. The SMILES string of the molecule is CN1CCN(C(=O)c2ccc3n(c2=O)[C@H](c2ccc(Cl)cc2)[C@H](c2ccc(Cl)cc2)N3S(=O)(=O)c2ccccc2F)CC1. The van der Waals surface area contributed by atoms with Gasteiger partial charge in [0.25, 0.3) is 21.5 Å². The van der Waals surface area contributed by atoms with E-state index in [1.807, 2.05) is 7.05 Å². The molecule has 0 bridgehead atoms. The Morgan fingerprint density at radius 3 is 1.93 bits per heavy atom. The van der Waals surface area contributed by atoms with Gasteiger partial charge in [-0.1, -0.05) is 59.6 Å². The summed E-state index contributed by atoms with van der Waals surface area (Å²) in [6.45, 7) is 2.24. The van der Waals surface area contributed by atoms with Gasteiger partial charge in [0.2, 0.25) is 0 Å². The molecule has 1 saturated heterocycles. The van der Waals surface area contributed by atoms with E-state index >= 15 is 4.39 Å². The van der Waals surface area contributed by atoms with Gasteiger partial charge in [-0.25, -0.2) is 17.1 Å². The second-order valence-corrected chi connectivity index (χ2v) is 13.3. The molecule has 0 unspecified atom stereocenters. The normalized spacial score (nSPS) is 19.0. The summed E-state index contributed by atoms with van der Waals surface area (Å²) in [6.07, 6.45) is 0. The van der Waals surface area contributed by atoms with Gasteiger partial charge in [-0.2, -0.15) is 0 Å². The number of nitrogens with zero attached hydrogens (tertiary/aromatic N) is 4. The molecule has 0 N–H and O–H groups in total. The molecule has 1 aromatic heterocycles. The first-order valence-corrected chi connectivity index (χ1v) is 15.8. The number of aromatic nitrogens is 1. The molecule has 0 saturated carbocycles. The number of amides is 1. The minimum Gasteiger partial charge on any atom is -0.336 e. The molecular formula is C31H27Cl2FN4O4S. The van der Waals surface area contributed by atoms with Crippen molar-refractivity contribution in [2.75, 3.05) is 37.5 Å². The number of fused-ring (bicyclic) bond motifs is 1. The monoisotopic (exact) mass is 640 g/mol. The van der Waals surface area contributed by atoms with E-state index in [-0.39, 0.29) is 11.4 Å². The van der Waals surface area contributed by atoms with Crippen LogP contribution in [0.1, 0.15) is 33.6 Å². The van der Waals surface area contributed by atoms with Crippen molar-refractivity contribution in [1.29, 1.82) is 0 Å². The standard InChI is InChI=1S/C31H27Cl2FN4O4S/c1-35-16-18-36(19-17-35)30(39)24-14-15-27-37(31(24)40)28(20-6-10-22(32)11-7-20)29(21-8-12-23(33)13-9-21)38(27)43(41,42)26-5-3-2-4-25(26)34/h2-15,28-29H,16-19H2,1H3/t28-,29+/m1/s1. The Kier molecular flexibility index (Phi) is 7.80. The maximum Gasteiger partial charge on any atom is 0.269 e. The number of sulfonamides is 1. The van der Waals surface area contributed by atoms with E-state index in [1.165, 1.54) is 34.9 Å². The highest BCUT2D eigenvalue weighted by Gasteiger charge is 2.48. The average Bonchev–Trinajstić information content (AvgIpc) is 3.35. The Labute approximate surface area is 258 Å². The van der Waals surface area contributed by atoms with Crippen molar-refractivity contribution in [3.05, 3.63) is 128 Å². The third-order valence-corrected chi connectivity index (χ3v) is 10.3. The Hall–Kier alpha value is -3.70. The molecule has 3 aromatic carbocycles.